The van der Waals surface area contributed by atoms with Gasteiger partial charge in [0.2, 0.25) is 11.8 Å². The molecule has 1 aromatic carbocycles. The number of hydrogen-bond acceptors (Lipinski definition) is 4. The Bertz CT molecular complexity index is 839. The van der Waals surface area contributed by atoms with Crippen molar-refractivity contribution >= 4 is 11.8 Å². The van der Waals surface area contributed by atoms with Crippen molar-refractivity contribution in [2.75, 3.05) is 6.54 Å². The minimum atomic E-state index is -2.88. The summed E-state index contributed by atoms with van der Waals surface area (Å²) in [5.41, 5.74) is 0.746. The smallest absolute Gasteiger partial charge is 0.387 e. The maximum absolute atomic E-state index is 12.6. The van der Waals surface area contributed by atoms with E-state index >= 15 is 0 Å². The van der Waals surface area contributed by atoms with Crippen molar-refractivity contribution in [3.8, 4) is 5.75 Å². The van der Waals surface area contributed by atoms with Crippen LogP contribution in [-0.2, 0) is 22.7 Å². The summed E-state index contributed by atoms with van der Waals surface area (Å²) in [5, 5.41) is 2.90. The Hall–Kier alpha value is -2.97. The highest BCUT2D eigenvalue weighted by atomic mass is 19.3. The van der Waals surface area contributed by atoms with Gasteiger partial charge in [-0.25, -0.2) is 4.98 Å². The fourth-order valence-corrected chi connectivity index (χ4v) is 3.40. The van der Waals surface area contributed by atoms with E-state index in [1.807, 2.05) is 17.7 Å². The van der Waals surface area contributed by atoms with Crippen LogP contribution in [0.2, 0.25) is 0 Å². The lowest BCUT2D eigenvalue weighted by Gasteiger charge is -2.24. The lowest BCUT2D eigenvalue weighted by Crippen LogP contribution is -2.44. The molecule has 0 aliphatic carbocycles. The van der Waals surface area contributed by atoms with Gasteiger partial charge in [0.25, 0.3) is 0 Å². The second-order valence-electron chi connectivity index (χ2n) is 6.91. The molecule has 1 aliphatic rings. The first-order valence-corrected chi connectivity index (χ1v) is 9.52. The number of halogens is 2. The van der Waals surface area contributed by atoms with Crippen LogP contribution in [-0.4, -0.2) is 45.5 Å². The van der Waals surface area contributed by atoms with Crippen LogP contribution in [0.5, 0.6) is 5.75 Å². The monoisotopic (exact) mass is 406 g/mol. The first-order chi connectivity index (χ1) is 13.9. The van der Waals surface area contributed by atoms with Gasteiger partial charge < -0.3 is 19.5 Å². The van der Waals surface area contributed by atoms with Crippen molar-refractivity contribution in [3.63, 3.8) is 0 Å². The Kier molecular flexibility index (Phi) is 6.79. The molecule has 1 atom stereocenters. The van der Waals surface area contributed by atoms with Crippen LogP contribution in [0.4, 0.5) is 8.78 Å². The Morgan fingerprint density at radius 3 is 2.76 bits per heavy atom. The number of hydrogen-bond donors (Lipinski definition) is 1. The highest BCUT2D eigenvalue weighted by Gasteiger charge is 2.35. The standard InChI is InChI=1S/C20H24F2N4O3/c1-14-23-10-12-25(14)11-2-9-24-19(28)17-7-8-18(27)26(17)13-15-3-5-16(6-4-15)29-20(21)22/h3-6,10,12,17,20H,2,7-9,11,13H2,1H3,(H,24,28)/t17-/m0/s1. The first-order valence-electron chi connectivity index (χ1n) is 9.52. The molecule has 2 aromatic rings. The zero-order chi connectivity index (χ0) is 20.8. The molecule has 0 saturated carbocycles. The third kappa shape index (κ3) is 5.52. The quantitative estimate of drug-likeness (QED) is 0.649. The number of aromatic nitrogens is 2. The van der Waals surface area contributed by atoms with Crippen molar-refractivity contribution in [2.45, 2.75) is 51.9 Å². The average molecular weight is 406 g/mol. The zero-order valence-electron chi connectivity index (χ0n) is 16.2. The fourth-order valence-electron chi connectivity index (χ4n) is 3.40. The molecule has 7 nitrogen and oxygen atoms in total. The largest absolute Gasteiger partial charge is 0.435 e. The van der Waals surface area contributed by atoms with Gasteiger partial charge in [0.15, 0.2) is 0 Å². The summed E-state index contributed by atoms with van der Waals surface area (Å²) in [6.07, 6.45) is 5.18. The highest BCUT2D eigenvalue weighted by molar-refractivity contribution is 5.90. The van der Waals surface area contributed by atoms with E-state index in [0.717, 1.165) is 24.4 Å². The van der Waals surface area contributed by atoms with Crippen LogP contribution >= 0.6 is 0 Å². The molecule has 0 radical (unpaired) electrons. The third-order valence-corrected chi connectivity index (χ3v) is 4.93. The van der Waals surface area contributed by atoms with Gasteiger partial charge in [0.1, 0.15) is 17.6 Å². The number of carbonyl (C=O) groups is 2. The number of carbonyl (C=O) groups excluding carboxylic acids is 2. The number of nitrogens with one attached hydrogen (secondary N) is 1. The van der Waals surface area contributed by atoms with Gasteiger partial charge in [-0.3, -0.25) is 9.59 Å². The van der Waals surface area contributed by atoms with E-state index in [1.54, 1.807) is 23.2 Å². The molecule has 1 fully saturated rings. The summed E-state index contributed by atoms with van der Waals surface area (Å²) >= 11 is 0. The summed E-state index contributed by atoms with van der Waals surface area (Å²) < 4.78 is 30.8. The topological polar surface area (TPSA) is 76.5 Å². The number of aryl methyl sites for hydroxylation is 2. The number of ether oxygens (including phenoxy) is 1. The average Bonchev–Trinajstić information content (AvgIpc) is 3.26. The predicted molar refractivity (Wildman–Crippen MR) is 101 cm³/mol. The fraction of sp³-hybridized carbons (Fsp3) is 0.450. The maximum atomic E-state index is 12.6. The van der Waals surface area contributed by atoms with Crippen molar-refractivity contribution in [1.29, 1.82) is 0 Å². The molecule has 2 heterocycles. The number of benzene rings is 1. The molecule has 0 unspecified atom stereocenters. The van der Waals surface area contributed by atoms with E-state index in [9.17, 15) is 18.4 Å². The number of imidazole rings is 1. The van der Waals surface area contributed by atoms with Gasteiger partial charge in [0, 0.05) is 38.4 Å². The Morgan fingerprint density at radius 1 is 1.34 bits per heavy atom. The number of nitrogens with zero attached hydrogens (tertiary/aromatic N) is 3. The summed E-state index contributed by atoms with van der Waals surface area (Å²) in [7, 11) is 0. The molecular weight excluding hydrogens is 382 g/mol. The Labute approximate surface area is 167 Å². The van der Waals surface area contributed by atoms with Gasteiger partial charge in [-0.15, -0.1) is 0 Å². The molecule has 29 heavy (non-hydrogen) atoms. The Morgan fingerprint density at radius 2 is 2.10 bits per heavy atom. The van der Waals surface area contributed by atoms with Crippen LogP contribution in [0.1, 0.15) is 30.7 Å². The normalized spacial score (nSPS) is 16.5. The van der Waals surface area contributed by atoms with Crippen molar-refractivity contribution in [2.24, 2.45) is 0 Å². The summed E-state index contributed by atoms with van der Waals surface area (Å²) in [6, 6.07) is 5.57. The van der Waals surface area contributed by atoms with Gasteiger partial charge in [-0.2, -0.15) is 8.78 Å². The number of likely N-dealkylation sites (tertiary alicyclic amines) is 1. The summed E-state index contributed by atoms with van der Waals surface area (Å²) in [6.45, 7) is 0.556. The van der Waals surface area contributed by atoms with Gasteiger partial charge in [-0.05, 0) is 37.5 Å². The van der Waals surface area contributed by atoms with Gasteiger partial charge in [0.05, 0.1) is 0 Å². The molecule has 1 saturated heterocycles. The first kappa shape index (κ1) is 20.8. The molecule has 1 aliphatic heterocycles. The third-order valence-electron chi connectivity index (χ3n) is 4.93. The lowest BCUT2D eigenvalue weighted by atomic mass is 10.1. The summed E-state index contributed by atoms with van der Waals surface area (Å²) in [4.78, 5) is 30.5. The molecule has 156 valence electrons. The highest BCUT2D eigenvalue weighted by Crippen LogP contribution is 2.23. The van der Waals surface area contributed by atoms with E-state index in [2.05, 4.69) is 15.0 Å². The van der Waals surface area contributed by atoms with E-state index in [-0.39, 0.29) is 24.1 Å². The summed E-state index contributed by atoms with van der Waals surface area (Å²) in [5.74, 6) is 0.718. The number of rotatable bonds is 9. The van der Waals surface area contributed by atoms with E-state index < -0.39 is 12.7 Å². The van der Waals surface area contributed by atoms with E-state index in [1.165, 1.54) is 12.1 Å². The van der Waals surface area contributed by atoms with E-state index in [0.29, 0.717) is 19.4 Å². The SMILES string of the molecule is Cc1nccn1CCCNC(=O)[C@@H]1CCC(=O)N1Cc1ccc(OC(F)F)cc1. The van der Waals surface area contributed by atoms with Crippen molar-refractivity contribution in [1.82, 2.24) is 19.8 Å². The maximum Gasteiger partial charge on any atom is 0.387 e. The second-order valence-corrected chi connectivity index (χ2v) is 6.91. The molecule has 1 aromatic heterocycles. The van der Waals surface area contributed by atoms with Crippen LogP contribution in [0.15, 0.2) is 36.7 Å². The molecule has 9 heteroatoms. The molecule has 3 rings (SSSR count). The van der Waals surface area contributed by atoms with Gasteiger partial charge in [-0.1, -0.05) is 12.1 Å². The second kappa shape index (κ2) is 9.49. The van der Waals surface area contributed by atoms with Crippen molar-refractivity contribution < 1.29 is 23.1 Å². The Balaban J connectivity index is 1.51. The van der Waals surface area contributed by atoms with Crippen molar-refractivity contribution in [3.05, 3.63) is 48.0 Å². The predicted octanol–water partition coefficient (Wildman–Crippen LogP) is 2.49. The molecule has 0 spiro atoms. The number of amides is 2. The van der Waals surface area contributed by atoms with Gasteiger partial charge >= 0.3 is 6.61 Å². The molecular formula is C20H24F2N4O3. The molecule has 2 amide bonds. The minimum Gasteiger partial charge on any atom is -0.435 e. The lowest BCUT2D eigenvalue weighted by molar-refractivity contribution is -0.135. The molecule has 1 N–H and O–H groups in total. The number of alkyl halides is 2. The van der Waals surface area contributed by atoms with Crippen LogP contribution in [0.25, 0.3) is 0 Å². The van der Waals surface area contributed by atoms with Crippen LogP contribution in [0.3, 0.4) is 0 Å². The molecule has 0 bridgehead atoms. The van der Waals surface area contributed by atoms with Crippen LogP contribution < -0.4 is 10.1 Å². The van der Waals surface area contributed by atoms with E-state index in [4.69, 9.17) is 0 Å². The van der Waals surface area contributed by atoms with Crippen LogP contribution in [0, 0.1) is 6.92 Å². The zero-order valence-corrected chi connectivity index (χ0v) is 16.2. The minimum absolute atomic E-state index is 0.0546.